The second-order valence-electron chi connectivity index (χ2n) is 6.37. The lowest BCUT2D eigenvalue weighted by Crippen LogP contribution is -2.51. The molecular weight excluding hydrogens is 346 g/mol. The smallest absolute Gasteiger partial charge is 0.319 e. The Labute approximate surface area is 157 Å². The summed E-state index contributed by atoms with van der Waals surface area (Å²) < 4.78 is 5.05. The number of hydrogen-bond donors (Lipinski definition) is 4. The molecule has 4 N–H and O–H groups in total. The van der Waals surface area contributed by atoms with Crippen LogP contribution in [0.4, 0.5) is 10.5 Å². The first-order chi connectivity index (χ1) is 12.9. The minimum absolute atomic E-state index is 0.0777. The van der Waals surface area contributed by atoms with Gasteiger partial charge in [0.05, 0.1) is 13.2 Å². The fourth-order valence-electron chi connectivity index (χ4n) is 3.03. The number of nitrogens with one attached hydrogen (secondary N) is 3. The van der Waals surface area contributed by atoms with Gasteiger partial charge >= 0.3 is 6.03 Å². The summed E-state index contributed by atoms with van der Waals surface area (Å²) in [5.74, 6) is -0.863. The van der Waals surface area contributed by atoms with E-state index in [1.54, 1.807) is 24.3 Å². The van der Waals surface area contributed by atoms with E-state index in [9.17, 15) is 14.7 Å². The lowest BCUT2D eigenvalue weighted by molar-refractivity contribution is -0.119. The summed E-state index contributed by atoms with van der Waals surface area (Å²) >= 11 is 0. The highest BCUT2D eigenvalue weighted by Crippen LogP contribution is 2.35. The predicted molar refractivity (Wildman–Crippen MR) is 102 cm³/mol. The number of carbonyl (C=O) groups excluding carboxylic acids is 2. The van der Waals surface area contributed by atoms with Crippen molar-refractivity contribution in [2.24, 2.45) is 5.92 Å². The molecule has 7 heteroatoms. The van der Waals surface area contributed by atoms with E-state index in [1.807, 2.05) is 19.1 Å². The number of ether oxygens (including phenoxy) is 1. The van der Waals surface area contributed by atoms with Crippen LogP contribution in [0.25, 0.3) is 0 Å². The molecular formula is C20H21N3O4. The topological polar surface area (TPSA) is 99.7 Å². The molecule has 0 spiro atoms. The van der Waals surface area contributed by atoms with Crippen molar-refractivity contribution >= 4 is 17.6 Å². The van der Waals surface area contributed by atoms with Gasteiger partial charge in [0.1, 0.15) is 5.92 Å². The van der Waals surface area contributed by atoms with Crippen LogP contribution in [0.5, 0.6) is 11.5 Å². The first-order valence-electron chi connectivity index (χ1n) is 8.40. The minimum Gasteiger partial charge on any atom is -0.504 e. The van der Waals surface area contributed by atoms with Crippen LogP contribution >= 0.6 is 0 Å². The Kier molecular flexibility index (Phi) is 5.03. The third kappa shape index (κ3) is 3.87. The summed E-state index contributed by atoms with van der Waals surface area (Å²) in [5.41, 5.74) is 2.57. The Hall–Kier alpha value is -3.48. The van der Waals surface area contributed by atoms with Crippen LogP contribution in [0, 0.1) is 12.8 Å². The van der Waals surface area contributed by atoms with E-state index in [2.05, 4.69) is 22.5 Å². The van der Waals surface area contributed by atoms with Crippen LogP contribution in [-0.4, -0.2) is 24.2 Å². The molecule has 0 unspecified atom stereocenters. The van der Waals surface area contributed by atoms with E-state index < -0.39 is 18.0 Å². The Morgan fingerprint density at radius 3 is 2.56 bits per heavy atom. The molecule has 0 radical (unpaired) electrons. The molecule has 2 aromatic carbocycles. The third-order valence-corrected chi connectivity index (χ3v) is 4.43. The van der Waals surface area contributed by atoms with Gasteiger partial charge in [-0.05, 0) is 36.8 Å². The van der Waals surface area contributed by atoms with Gasteiger partial charge < -0.3 is 25.8 Å². The molecule has 0 aromatic heterocycles. The summed E-state index contributed by atoms with van der Waals surface area (Å²) in [6.45, 7) is 5.79. The van der Waals surface area contributed by atoms with Crippen LogP contribution in [-0.2, 0) is 4.79 Å². The van der Waals surface area contributed by atoms with Crippen molar-refractivity contribution in [3.8, 4) is 11.5 Å². The molecule has 1 heterocycles. The summed E-state index contributed by atoms with van der Waals surface area (Å²) in [6.07, 6.45) is 0. The van der Waals surface area contributed by atoms with Crippen LogP contribution in [0.3, 0.4) is 0 Å². The summed E-state index contributed by atoms with van der Waals surface area (Å²) in [5, 5.41) is 18.2. The number of aryl methyl sites for hydroxylation is 1. The Morgan fingerprint density at radius 1 is 1.22 bits per heavy atom. The highest BCUT2D eigenvalue weighted by molar-refractivity contribution is 5.97. The average molecular weight is 367 g/mol. The van der Waals surface area contributed by atoms with Crippen molar-refractivity contribution in [2.75, 3.05) is 12.4 Å². The first-order valence-corrected chi connectivity index (χ1v) is 8.40. The minimum atomic E-state index is -0.767. The van der Waals surface area contributed by atoms with Crippen LogP contribution in [0.1, 0.15) is 17.2 Å². The van der Waals surface area contributed by atoms with Gasteiger partial charge in [0.25, 0.3) is 0 Å². The summed E-state index contributed by atoms with van der Waals surface area (Å²) in [6, 6.07) is 11.0. The van der Waals surface area contributed by atoms with Crippen LogP contribution in [0.2, 0.25) is 0 Å². The molecule has 140 valence electrons. The zero-order valence-corrected chi connectivity index (χ0v) is 15.1. The first kappa shape index (κ1) is 18.3. The van der Waals surface area contributed by atoms with Gasteiger partial charge in [-0.1, -0.05) is 30.3 Å². The Balaban J connectivity index is 1.90. The van der Waals surface area contributed by atoms with Gasteiger partial charge in [-0.25, -0.2) is 4.79 Å². The third-order valence-electron chi connectivity index (χ3n) is 4.43. The number of aromatic hydroxyl groups is 1. The maximum absolute atomic E-state index is 12.9. The Bertz CT molecular complexity index is 893. The fourth-order valence-corrected chi connectivity index (χ4v) is 3.03. The second-order valence-corrected chi connectivity index (χ2v) is 6.37. The van der Waals surface area contributed by atoms with E-state index in [0.717, 1.165) is 5.56 Å². The number of methoxy groups -OCH3 is 1. The molecule has 0 aliphatic carbocycles. The number of phenolic OH excluding ortho intramolecular Hbond substituents is 1. The predicted octanol–water partition coefficient (Wildman–Crippen LogP) is 2.83. The van der Waals surface area contributed by atoms with Crippen molar-refractivity contribution in [3.63, 3.8) is 0 Å². The highest BCUT2D eigenvalue weighted by Gasteiger charge is 2.38. The normalized spacial score (nSPS) is 19.0. The molecule has 1 aliphatic heterocycles. The SMILES string of the molecule is C=C1NC(=O)N[C@@H](c2ccc(OC)c(O)c2)[C@@H]1C(=O)Nc1ccc(C)cc1. The number of carbonyl (C=O) groups is 2. The van der Waals surface area contributed by atoms with Crippen molar-refractivity contribution in [2.45, 2.75) is 13.0 Å². The summed E-state index contributed by atoms with van der Waals surface area (Å²) in [7, 11) is 1.45. The lowest BCUT2D eigenvalue weighted by atomic mass is 9.88. The molecule has 0 saturated carbocycles. The summed E-state index contributed by atoms with van der Waals surface area (Å²) in [4.78, 5) is 24.8. The molecule has 3 amide bonds. The average Bonchev–Trinajstić information content (AvgIpc) is 2.62. The van der Waals surface area contributed by atoms with Gasteiger partial charge in [-0.2, -0.15) is 0 Å². The van der Waals surface area contributed by atoms with E-state index in [-0.39, 0.29) is 17.4 Å². The number of benzene rings is 2. The van der Waals surface area contributed by atoms with Crippen molar-refractivity contribution < 1.29 is 19.4 Å². The van der Waals surface area contributed by atoms with Gasteiger partial charge in [0.15, 0.2) is 11.5 Å². The highest BCUT2D eigenvalue weighted by atomic mass is 16.5. The van der Waals surface area contributed by atoms with Crippen molar-refractivity contribution in [3.05, 3.63) is 65.9 Å². The number of hydrogen-bond acceptors (Lipinski definition) is 4. The standard InChI is InChI=1S/C20H21N3O4/c1-11-4-7-14(8-5-11)22-19(25)17-12(2)21-20(26)23-18(17)13-6-9-16(27-3)15(24)10-13/h4-10,17-18,24H,2H2,1,3H3,(H,22,25)(H2,21,23,26)/t17-,18+/m1/s1. The molecule has 27 heavy (non-hydrogen) atoms. The quantitative estimate of drug-likeness (QED) is 0.668. The Morgan fingerprint density at radius 2 is 1.93 bits per heavy atom. The molecule has 7 nitrogen and oxygen atoms in total. The monoisotopic (exact) mass is 367 g/mol. The number of anilines is 1. The zero-order chi connectivity index (χ0) is 19.6. The van der Waals surface area contributed by atoms with Crippen molar-refractivity contribution in [1.82, 2.24) is 10.6 Å². The number of urea groups is 1. The fraction of sp³-hybridized carbons (Fsp3) is 0.200. The largest absolute Gasteiger partial charge is 0.504 e. The zero-order valence-electron chi connectivity index (χ0n) is 15.1. The lowest BCUT2D eigenvalue weighted by Gasteiger charge is -2.34. The molecule has 1 saturated heterocycles. The number of amides is 3. The molecule has 0 bridgehead atoms. The van der Waals surface area contributed by atoms with E-state index in [4.69, 9.17) is 4.74 Å². The molecule has 2 aromatic rings. The van der Waals surface area contributed by atoms with Gasteiger partial charge in [0.2, 0.25) is 5.91 Å². The van der Waals surface area contributed by atoms with Gasteiger partial charge in [-0.3, -0.25) is 4.79 Å². The number of phenols is 1. The van der Waals surface area contributed by atoms with Gasteiger partial charge in [-0.15, -0.1) is 0 Å². The van der Waals surface area contributed by atoms with Gasteiger partial charge in [0, 0.05) is 11.4 Å². The number of rotatable bonds is 4. The van der Waals surface area contributed by atoms with E-state index in [0.29, 0.717) is 17.0 Å². The van der Waals surface area contributed by atoms with Crippen LogP contribution in [0.15, 0.2) is 54.7 Å². The molecule has 1 fully saturated rings. The molecule has 1 aliphatic rings. The van der Waals surface area contributed by atoms with Crippen LogP contribution < -0.4 is 20.7 Å². The molecule has 3 rings (SSSR count). The van der Waals surface area contributed by atoms with Crippen molar-refractivity contribution in [1.29, 1.82) is 0 Å². The maximum Gasteiger partial charge on any atom is 0.319 e. The van der Waals surface area contributed by atoms with E-state index >= 15 is 0 Å². The van der Waals surface area contributed by atoms with E-state index in [1.165, 1.54) is 13.2 Å². The second kappa shape index (κ2) is 7.41. The molecule has 2 atom stereocenters. The maximum atomic E-state index is 12.9.